The first kappa shape index (κ1) is 18.4. The molecule has 2 amide bonds. The molecule has 0 radical (unpaired) electrons. The van der Waals surface area contributed by atoms with Crippen LogP contribution in [0.25, 0.3) is 0 Å². The van der Waals surface area contributed by atoms with Crippen LogP contribution in [-0.4, -0.2) is 51.2 Å². The number of fused-ring (bicyclic) bond motifs is 3. The third-order valence-corrected chi connectivity index (χ3v) is 6.66. The highest BCUT2D eigenvalue weighted by molar-refractivity contribution is 5.95. The first-order valence-corrected chi connectivity index (χ1v) is 10.3. The minimum Gasteiger partial charge on any atom is -0.376 e. The topological polar surface area (TPSA) is 76.5 Å². The molecule has 0 unspecified atom stereocenters. The third kappa shape index (κ3) is 3.13. The fourth-order valence-electron chi connectivity index (χ4n) is 5.02. The van der Waals surface area contributed by atoms with E-state index in [1.807, 2.05) is 43.1 Å². The van der Waals surface area contributed by atoms with Crippen LogP contribution >= 0.6 is 0 Å². The normalized spacial score (nSPS) is 25.2. The van der Waals surface area contributed by atoms with E-state index >= 15 is 0 Å². The molecule has 1 aromatic carbocycles. The molecule has 2 aromatic rings. The highest BCUT2D eigenvalue weighted by Gasteiger charge is 2.49. The van der Waals surface area contributed by atoms with Crippen LogP contribution in [0, 0.1) is 6.92 Å². The van der Waals surface area contributed by atoms with Gasteiger partial charge in [0.25, 0.3) is 11.8 Å². The highest BCUT2D eigenvalue weighted by atomic mass is 16.5. The lowest BCUT2D eigenvalue weighted by atomic mass is 9.95. The monoisotopic (exact) mass is 394 g/mol. The van der Waals surface area contributed by atoms with Gasteiger partial charge in [-0.25, -0.2) is 0 Å². The average molecular weight is 394 g/mol. The molecule has 3 aliphatic rings. The first-order chi connectivity index (χ1) is 14.0. The molecule has 2 fully saturated rings. The summed E-state index contributed by atoms with van der Waals surface area (Å²) in [5, 5.41) is 7.54. The van der Waals surface area contributed by atoms with Crippen molar-refractivity contribution in [3.63, 3.8) is 0 Å². The summed E-state index contributed by atoms with van der Waals surface area (Å²) in [5.41, 5.74) is 4.47. The quantitative estimate of drug-likeness (QED) is 0.864. The number of nitrogens with one attached hydrogen (secondary N) is 1. The molecule has 7 nitrogen and oxygen atoms in total. The van der Waals surface area contributed by atoms with Gasteiger partial charge < -0.3 is 15.0 Å². The number of amides is 2. The third-order valence-electron chi connectivity index (χ3n) is 6.66. The van der Waals surface area contributed by atoms with E-state index in [9.17, 15) is 9.59 Å². The van der Waals surface area contributed by atoms with Gasteiger partial charge in [-0.3, -0.25) is 14.3 Å². The predicted octanol–water partition coefficient (Wildman–Crippen LogP) is 1.98. The zero-order valence-corrected chi connectivity index (χ0v) is 16.9. The Labute approximate surface area is 170 Å². The minimum absolute atomic E-state index is 0.0118. The van der Waals surface area contributed by atoms with Crippen molar-refractivity contribution >= 4 is 11.8 Å². The van der Waals surface area contributed by atoms with Crippen molar-refractivity contribution in [3.8, 4) is 0 Å². The molecule has 1 aromatic heterocycles. The number of carbonyl (C=O) groups excluding carboxylic acids is 2. The number of benzene rings is 1. The van der Waals surface area contributed by atoms with Gasteiger partial charge in [-0.2, -0.15) is 5.10 Å². The van der Waals surface area contributed by atoms with Crippen molar-refractivity contribution in [2.24, 2.45) is 7.05 Å². The summed E-state index contributed by atoms with van der Waals surface area (Å²) >= 11 is 0. The Hall–Kier alpha value is -2.67. The fraction of sp³-hybridized carbons (Fsp3) is 0.500. The van der Waals surface area contributed by atoms with E-state index in [0.717, 1.165) is 43.5 Å². The Morgan fingerprint density at radius 1 is 1.21 bits per heavy atom. The highest BCUT2D eigenvalue weighted by Crippen LogP contribution is 2.39. The van der Waals surface area contributed by atoms with Crippen LogP contribution < -0.4 is 5.32 Å². The van der Waals surface area contributed by atoms with Crippen LogP contribution in [0.5, 0.6) is 0 Å². The number of rotatable bonds is 3. The largest absolute Gasteiger partial charge is 0.376 e. The molecular formula is C22H26N4O3. The number of hydrogen-bond acceptors (Lipinski definition) is 4. The Morgan fingerprint density at radius 3 is 2.86 bits per heavy atom. The van der Waals surface area contributed by atoms with Crippen molar-refractivity contribution in [2.45, 2.75) is 57.3 Å². The van der Waals surface area contributed by atoms with E-state index in [4.69, 9.17) is 4.74 Å². The molecule has 5 rings (SSSR count). The average Bonchev–Trinajstić information content (AvgIpc) is 3.40. The fourth-order valence-corrected chi connectivity index (χ4v) is 5.02. The number of nitrogens with zero attached hydrogens (tertiary/aromatic N) is 3. The summed E-state index contributed by atoms with van der Waals surface area (Å²) in [6.07, 6.45) is 3.62. The molecule has 2 saturated heterocycles. The second kappa shape index (κ2) is 6.99. The number of ether oxygens (including phenoxy) is 1. The van der Waals surface area contributed by atoms with E-state index in [1.165, 1.54) is 5.56 Å². The van der Waals surface area contributed by atoms with Crippen molar-refractivity contribution in [1.82, 2.24) is 20.0 Å². The second-order valence-corrected chi connectivity index (χ2v) is 8.41. The van der Waals surface area contributed by atoms with Crippen molar-refractivity contribution in [2.75, 3.05) is 6.61 Å². The molecule has 2 bridgehead atoms. The zero-order valence-electron chi connectivity index (χ0n) is 16.9. The lowest BCUT2D eigenvalue weighted by molar-refractivity contribution is 0.0710. The molecule has 7 heteroatoms. The van der Waals surface area contributed by atoms with Gasteiger partial charge in [-0.15, -0.1) is 0 Å². The second-order valence-electron chi connectivity index (χ2n) is 8.41. The van der Waals surface area contributed by atoms with Crippen LogP contribution in [0.4, 0.5) is 0 Å². The maximum Gasteiger partial charge on any atom is 0.274 e. The lowest BCUT2D eigenvalue weighted by Gasteiger charge is -2.25. The van der Waals surface area contributed by atoms with Gasteiger partial charge in [0.1, 0.15) is 0 Å². The zero-order chi connectivity index (χ0) is 20.1. The molecule has 4 heterocycles. The Morgan fingerprint density at radius 2 is 2.07 bits per heavy atom. The van der Waals surface area contributed by atoms with Gasteiger partial charge in [0.2, 0.25) is 0 Å². The van der Waals surface area contributed by atoms with E-state index in [-0.39, 0.29) is 29.9 Å². The number of aryl methyl sites for hydroxylation is 2. The van der Waals surface area contributed by atoms with E-state index in [2.05, 4.69) is 10.4 Å². The molecule has 3 aliphatic heterocycles. The summed E-state index contributed by atoms with van der Waals surface area (Å²) in [6, 6.07) is 7.91. The van der Waals surface area contributed by atoms with E-state index < -0.39 is 0 Å². The van der Waals surface area contributed by atoms with Gasteiger partial charge in [0, 0.05) is 24.3 Å². The Bertz CT molecular complexity index is 963. The van der Waals surface area contributed by atoms with Crippen LogP contribution in [0.3, 0.4) is 0 Å². The van der Waals surface area contributed by atoms with E-state index in [1.54, 1.807) is 4.68 Å². The summed E-state index contributed by atoms with van der Waals surface area (Å²) in [7, 11) is 1.84. The molecular weight excluding hydrogens is 368 g/mol. The summed E-state index contributed by atoms with van der Waals surface area (Å²) in [4.78, 5) is 27.9. The Kier molecular flexibility index (Phi) is 4.42. The van der Waals surface area contributed by atoms with Crippen molar-refractivity contribution in [3.05, 3.63) is 52.3 Å². The molecule has 1 N–H and O–H groups in total. The number of aromatic nitrogens is 2. The minimum atomic E-state index is -0.0722. The SMILES string of the molecule is Cc1cc(C(=O)N2[C@@H]3CC[C@H]2[C@H](NC(=O)c2ccc4c(c2)COCC4)C3)nn1C. The molecule has 0 aliphatic carbocycles. The maximum absolute atomic E-state index is 13.1. The molecule has 0 spiro atoms. The lowest BCUT2D eigenvalue weighted by Crippen LogP contribution is -2.45. The standard InChI is InChI=1S/C22H26N4O3/c1-13-9-19(24-25(13)2)22(28)26-17-5-6-20(26)18(11-17)23-21(27)15-4-3-14-7-8-29-12-16(14)10-15/h3-4,9-10,17-18,20H,5-8,11-12H2,1-2H3,(H,23,27)/t17-,18-,20+/m1/s1. The smallest absolute Gasteiger partial charge is 0.274 e. The number of hydrogen-bond donors (Lipinski definition) is 1. The van der Waals surface area contributed by atoms with Gasteiger partial charge in [0.05, 0.1) is 25.3 Å². The van der Waals surface area contributed by atoms with Gasteiger partial charge in [-0.1, -0.05) is 6.07 Å². The molecule has 0 saturated carbocycles. The van der Waals surface area contributed by atoms with Crippen LogP contribution in [0.15, 0.2) is 24.3 Å². The predicted molar refractivity (Wildman–Crippen MR) is 107 cm³/mol. The van der Waals surface area contributed by atoms with Crippen molar-refractivity contribution < 1.29 is 14.3 Å². The summed E-state index contributed by atoms with van der Waals surface area (Å²) < 4.78 is 7.24. The van der Waals surface area contributed by atoms with Gasteiger partial charge >= 0.3 is 0 Å². The number of carbonyl (C=O) groups is 2. The van der Waals surface area contributed by atoms with Crippen LogP contribution in [0.2, 0.25) is 0 Å². The summed E-state index contributed by atoms with van der Waals surface area (Å²) in [5.74, 6) is -0.0964. The first-order valence-electron chi connectivity index (χ1n) is 10.3. The van der Waals surface area contributed by atoms with Crippen LogP contribution in [-0.2, 0) is 24.8 Å². The van der Waals surface area contributed by atoms with E-state index in [0.29, 0.717) is 17.9 Å². The Balaban J connectivity index is 1.30. The summed E-state index contributed by atoms with van der Waals surface area (Å²) in [6.45, 7) is 3.24. The molecule has 3 atom stereocenters. The van der Waals surface area contributed by atoms with Crippen molar-refractivity contribution in [1.29, 1.82) is 0 Å². The van der Waals surface area contributed by atoms with Gasteiger partial charge in [0.15, 0.2) is 5.69 Å². The maximum atomic E-state index is 13.1. The van der Waals surface area contributed by atoms with Gasteiger partial charge in [-0.05, 0) is 61.9 Å². The van der Waals surface area contributed by atoms with Crippen LogP contribution in [0.1, 0.15) is 56.9 Å². The molecule has 29 heavy (non-hydrogen) atoms. The molecule has 152 valence electrons.